The Morgan fingerprint density at radius 3 is 2.44 bits per heavy atom. The Kier molecular flexibility index (Phi) is 6.16. The van der Waals surface area contributed by atoms with Gasteiger partial charge in [0.15, 0.2) is 0 Å². The molecule has 1 N–H and O–H groups in total. The van der Waals surface area contributed by atoms with E-state index in [2.05, 4.69) is 5.32 Å². The molecule has 0 saturated carbocycles. The second-order valence-corrected chi connectivity index (χ2v) is 8.54. The molecule has 0 radical (unpaired) electrons. The van der Waals surface area contributed by atoms with Crippen LogP contribution in [0.2, 0.25) is 0 Å². The normalized spacial score (nSPS) is 15.2. The number of hydrogen-bond donors (Lipinski definition) is 1. The van der Waals surface area contributed by atoms with E-state index < -0.39 is 17.6 Å². The van der Waals surface area contributed by atoms with Crippen molar-refractivity contribution in [2.24, 2.45) is 0 Å². The predicted molar refractivity (Wildman–Crippen MR) is 114 cm³/mol. The van der Waals surface area contributed by atoms with E-state index in [0.29, 0.717) is 36.4 Å². The maximum Gasteiger partial charge on any atom is 0.418 e. The van der Waals surface area contributed by atoms with E-state index in [9.17, 15) is 27.2 Å². The lowest BCUT2D eigenvalue weighted by molar-refractivity contribution is -0.137. The van der Waals surface area contributed by atoms with E-state index in [1.54, 1.807) is 21.9 Å². The van der Waals surface area contributed by atoms with E-state index in [1.165, 1.54) is 41.7 Å². The number of nitrogens with one attached hydrogen (secondary N) is 1. The maximum atomic E-state index is 13.4. The van der Waals surface area contributed by atoms with E-state index in [0.717, 1.165) is 10.8 Å². The van der Waals surface area contributed by atoms with Crippen LogP contribution in [0.25, 0.3) is 10.1 Å². The maximum absolute atomic E-state index is 13.4. The van der Waals surface area contributed by atoms with Crippen LogP contribution in [0.4, 0.5) is 23.2 Å². The summed E-state index contributed by atoms with van der Waals surface area (Å²) in [4.78, 5) is 29.1. The van der Waals surface area contributed by atoms with Crippen LogP contribution in [-0.4, -0.2) is 54.3 Å². The van der Waals surface area contributed by atoms with E-state index in [1.807, 2.05) is 0 Å². The first-order valence-electron chi connectivity index (χ1n) is 9.87. The summed E-state index contributed by atoms with van der Waals surface area (Å²) >= 11 is 1.30. The zero-order valence-corrected chi connectivity index (χ0v) is 17.6. The number of piperazine rings is 1. The largest absolute Gasteiger partial charge is 0.418 e. The van der Waals surface area contributed by atoms with E-state index in [4.69, 9.17) is 0 Å². The van der Waals surface area contributed by atoms with Crippen molar-refractivity contribution in [2.75, 3.05) is 38.0 Å². The van der Waals surface area contributed by atoms with Gasteiger partial charge in [-0.05, 0) is 41.8 Å². The van der Waals surface area contributed by atoms with Crippen LogP contribution in [0.1, 0.15) is 15.2 Å². The molecule has 0 bridgehead atoms. The summed E-state index contributed by atoms with van der Waals surface area (Å²) < 4.78 is 53.5. The minimum Gasteiger partial charge on any atom is -0.335 e. The Morgan fingerprint density at radius 1 is 1.00 bits per heavy atom. The highest BCUT2D eigenvalue weighted by molar-refractivity contribution is 7.20. The monoisotopic (exact) mass is 465 g/mol. The van der Waals surface area contributed by atoms with Crippen LogP contribution in [0, 0.1) is 5.82 Å². The number of nitrogens with zero attached hydrogens (tertiary/aromatic N) is 2. The van der Waals surface area contributed by atoms with Crippen molar-refractivity contribution < 1.29 is 27.2 Å². The van der Waals surface area contributed by atoms with Gasteiger partial charge >= 0.3 is 6.18 Å². The number of rotatable bonds is 4. The Balaban J connectivity index is 1.33. The lowest BCUT2D eigenvalue weighted by Gasteiger charge is -2.34. The molecule has 2 amide bonds. The number of para-hydroxylation sites is 1. The van der Waals surface area contributed by atoms with Gasteiger partial charge in [-0.1, -0.05) is 12.1 Å². The van der Waals surface area contributed by atoms with Crippen LogP contribution in [-0.2, 0) is 11.0 Å². The summed E-state index contributed by atoms with van der Waals surface area (Å²) in [5, 5.41) is 3.01. The summed E-state index contributed by atoms with van der Waals surface area (Å²) in [6.45, 7) is 1.53. The van der Waals surface area contributed by atoms with Gasteiger partial charge in [0.25, 0.3) is 5.91 Å². The number of thiophene rings is 1. The van der Waals surface area contributed by atoms with Crippen molar-refractivity contribution in [1.29, 1.82) is 0 Å². The molecule has 0 unspecified atom stereocenters. The van der Waals surface area contributed by atoms with Gasteiger partial charge in [0.2, 0.25) is 5.91 Å². The average molecular weight is 465 g/mol. The molecule has 2 heterocycles. The van der Waals surface area contributed by atoms with Crippen molar-refractivity contribution in [1.82, 2.24) is 9.80 Å². The predicted octanol–water partition coefficient (Wildman–Crippen LogP) is 4.46. The molecule has 4 rings (SSSR count). The van der Waals surface area contributed by atoms with Crippen molar-refractivity contribution >= 4 is 38.9 Å². The van der Waals surface area contributed by atoms with Gasteiger partial charge in [0.05, 0.1) is 22.7 Å². The molecule has 1 saturated heterocycles. The van der Waals surface area contributed by atoms with E-state index in [-0.39, 0.29) is 24.0 Å². The fourth-order valence-electron chi connectivity index (χ4n) is 3.62. The molecule has 1 aliphatic heterocycles. The Hall–Kier alpha value is -2.98. The molecule has 0 spiro atoms. The number of carbonyl (C=O) groups excluding carboxylic acids is 2. The van der Waals surface area contributed by atoms with Gasteiger partial charge in [0, 0.05) is 30.9 Å². The molecule has 0 atom stereocenters. The second-order valence-electron chi connectivity index (χ2n) is 7.45. The van der Waals surface area contributed by atoms with Crippen molar-refractivity contribution in [2.45, 2.75) is 6.18 Å². The fourth-order valence-corrected chi connectivity index (χ4v) is 4.63. The molecule has 10 heteroatoms. The van der Waals surface area contributed by atoms with Crippen LogP contribution in [0.15, 0.2) is 48.5 Å². The summed E-state index contributed by atoms with van der Waals surface area (Å²) in [6, 6.07) is 10.9. The second kappa shape index (κ2) is 8.87. The number of fused-ring (bicyclic) bond motifs is 1. The van der Waals surface area contributed by atoms with Gasteiger partial charge in [-0.15, -0.1) is 11.3 Å². The first-order chi connectivity index (χ1) is 15.2. The van der Waals surface area contributed by atoms with Gasteiger partial charge in [-0.2, -0.15) is 13.2 Å². The Morgan fingerprint density at radius 2 is 1.72 bits per heavy atom. The van der Waals surface area contributed by atoms with Gasteiger partial charge in [0.1, 0.15) is 5.82 Å². The fraction of sp³-hybridized carbons (Fsp3) is 0.273. The molecule has 32 heavy (non-hydrogen) atoms. The van der Waals surface area contributed by atoms with E-state index >= 15 is 0 Å². The molecule has 1 fully saturated rings. The Bertz CT molecular complexity index is 1150. The third kappa shape index (κ3) is 4.91. The lowest BCUT2D eigenvalue weighted by atomic mass is 10.1. The molecular weight excluding hydrogens is 446 g/mol. The van der Waals surface area contributed by atoms with Crippen LogP contribution in [0.5, 0.6) is 0 Å². The Labute approximate surface area is 185 Å². The number of hydrogen-bond acceptors (Lipinski definition) is 4. The molecule has 1 aliphatic rings. The minimum atomic E-state index is -4.56. The molecule has 0 aliphatic carbocycles. The van der Waals surface area contributed by atoms with Gasteiger partial charge in [-0.3, -0.25) is 14.5 Å². The summed E-state index contributed by atoms with van der Waals surface area (Å²) in [5.74, 6) is -1.07. The zero-order valence-electron chi connectivity index (χ0n) is 16.8. The van der Waals surface area contributed by atoms with Crippen molar-refractivity contribution in [3.8, 4) is 0 Å². The highest BCUT2D eigenvalue weighted by Crippen LogP contribution is 2.34. The van der Waals surface area contributed by atoms with Crippen LogP contribution < -0.4 is 5.32 Å². The smallest absolute Gasteiger partial charge is 0.335 e. The van der Waals surface area contributed by atoms with Crippen molar-refractivity contribution in [3.05, 3.63) is 64.8 Å². The van der Waals surface area contributed by atoms with Crippen molar-refractivity contribution in [3.63, 3.8) is 0 Å². The number of alkyl halides is 3. The highest BCUT2D eigenvalue weighted by Gasteiger charge is 2.33. The SMILES string of the molecule is O=C(CN1CCN(C(=O)c2cc3cc(F)ccc3s2)CC1)Nc1ccccc1C(F)(F)F. The zero-order chi connectivity index (χ0) is 22.9. The lowest BCUT2D eigenvalue weighted by Crippen LogP contribution is -2.50. The van der Waals surface area contributed by atoms with Crippen LogP contribution >= 0.6 is 11.3 Å². The first kappa shape index (κ1) is 22.2. The molecule has 5 nitrogen and oxygen atoms in total. The molecular formula is C22H19F4N3O2S. The van der Waals surface area contributed by atoms with Gasteiger partial charge in [-0.25, -0.2) is 4.39 Å². The quantitative estimate of drug-likeness (QED) is 0.579. The summed E-state index contributed by atoms with van der Waals surface area (Å²) in [7, 11) is 0. The summed E-state index contributed by atoms with van der Waals surface area (Å²) in [5.41, 5.74) is -1.17. The topological polar surface area (TPSA) is 52.7 Å². The van der Waals surface area contributed by atoms with Crippen LogP contribution in [0.3, 0.4) is 0 Å². The third-order valence-electron chi connectivity index (χ3n) is 5.22. The molecule has 1 aromatic heterocycles. The average Bonchev–Trinajstić information content (AvgIpc) is 3.16. The van der Waals surface area contributed by atoms with Gasteiger partial charge < -0.3 is 10.2 Å². The molecule has 168 valence electrons. The number of benzene rings is 2. The summed E-state index contributed by atoms with van der Waals surface area (Å²) in [6.07, 6.45) is -4.56. The molecule has 3 aromatic rings. The number of anilines is 1. The number of amides is 2. The third-order valence-corrected chi connectivity index (χ3v) is 6.33. The standard InChI is InChI=1S/C22H19F4N3O2S/c23-15-5-6-18-14(11-15)12-19(32-18)21(31)29-9-7-28(8-10-29)13-20(30)27-17-4-2-1-3-16(17)22(24,25)26/h1-6,11-12H,7-10,13H2,(H,27,30). The number of carbonyl (C=O) groups is 2. The number of halogens is 4. The molecule has 2 aromatic carbocycles. The first-order valence-corrected chi connectivity index (χ1v) is 10.7. The highest BCUT2D eigenvalue weighted by atomic mass is 32.1. The minimum absolute atomic E-state index is 0.0730.